The minimum absolute atomic E-state index is 0.111. The highest BCUT2D eigenvalue weighted by atomic mass is 16.7. The molecule has 3 aromatic rings. The molecular formula is C34H38B2O5. The van der Waals surface area contributed by atoms with Crippen LogP contribution in [0.4, 0.5) is 0 Å². The van der Waals surface area contributed by atoms with Crippen molar-refractivity contribution in [2.75, 3.05) is 0 Å². The average Bonchev–Trinajstić information content (AvgIpc) is 3.18. The van der Waals surface area contributed by atoms with Crippen molar-refractivity contribution in [1.29, 1.82) is 0 Å². The summed E-state index contributed by atoms with van der Waals surface area (Å²) in [6, 6.07) is 26.2. The van der Waals surface area contributed by atoms with Crippen LogP contribution in [0.5, 0.6) is 5.75 Å². The van der Waals surface area contributed by atoms with E-state index in [1.807, 2.05) is 86.7 Å². The van der Waals surface area contributed by atoms with Crippen LogP contribution in [-0.2, 0) is 9.31 Å². The van der Waals surface area contributed by atoms with Crippen LogP contribution >= 0.6 is 0 Å². The van der Waals surface area contributed by atoms with Gasteiger partial charge < -0.3 is 24.3 Å². The molecule has 7 heteroatoms. The molecule has 3 unspecified atom stereocenters. The smallest absolute Gasteiger partial charge is 0.458 e. The second-order valence-corrected chi connectivity index (χ2v) is 12.5. The minimum atomic E-state index is -1.63. The molecule has 2 N–H and O–H groups in total. The molecule has 41 heavy (non-hydrogen) atoms. The summed E-state index contributed by atoms with van der Waals surface area (Å²) < 4.78 is 19.5. The molecule has 1 aliphatic heterocycles. The van der Waals surface area contributed by atoms with Gasteiger partial charge in [-0.05, 0) is 94.4 Å². The Bertz CT molecular complexity index is 1460. The summed E-state index contributed by atoms with van der Waals surface area (Å²) in [7, 11) is 5.54. The van der Waals surface area contributed by atoms with Crippen LogP contribution in [-0.4, -0.2) is 47.6 Å². The maximum atomic E-state index is 11.6. The number of aliphatic hydroxyl groups is 2. The number of hydrogen-bond donors (Lipinski definition) is 2. The van der Waals surface area contributed by atoms with E-state index in [0.29, 0.717) is 11.5 Å². The predicted octanol–water partition coefficient (Wildman–Crippen LogP) is 5.66. The Kier molecular flexibility index (Phi) is 7.62. The topological polar surface area (TPSA) is 68.2 Å². The Labute approximate surface area is 245 Å². The van der Waals surface area contributed by atoms with Gasteiger partial charge in [0.1, 0.15) is 30.6 Å². The largest absolute Gasteiger partial charge is 0.495 e. The molecule has 2 aliphatic rings. The van der Waals surface area contributed by atoms with Crippen LogP contribution in [0.2, 0.25) is 0 Å². The van der Waals surface area contributed by atoms with E-state index in [2.05, 4.69) is 18.2 Å². The molecule has 3 aromatic carbocycles. The van der Waals surface area contributed by atoms with Crippen LogP contribution in [0.3, 0.4) is 0 Å². The fraction of sp³-hybridized carbons (Fsp3) is 0.353. The van der Waals surface area contributed by atoms with E-state index < -0.39 is 29.5 Å². The van der Waals surface area contributed by atoms with E-state index in [-0.39, 0.29) is 5.92 Å². The van der Waals surface area contributed by atoms with Crippen LogP contribution in [0, 0.1) is 0 Å². The van der Waals surface area contributed by atoms with Crippen molar-refractivity contribution in [3.05, 3.63) is 108 Å². The summed E-state index contributed by atoms with van der Waals surface area (Å²) in [6.07, 6.45) is 4.70. The SMILES string of the molecule is [B]C1=CC(Oc2cc(B3OC(C)(C)C(C)(C(C)(O)C(C)(C)O)O3)cc(-c3ccccc3)c2)=CC(c2ccccc2)C1. The van der Waals surface area contributed by atoms with Gasteiger partial charge in [-0.2, -0.15) is 0 Å². The Balaban J connectivity index is 1.54. The molecule has 0 aromatic heterocycles. The second kappa shape index (κ2) is 10.6. The molecule has 1 saturated heterocycles. The third kappa shape index (κ3) is 5.56. The predicted molar refractivity (Wildman–Crippen MR) is 165 cm³/mol. The Morgan fingerprint density at radius 2 is 1.51 bits per heavy atom. The van der Waals surface area contributed by atoms with Gasteiger partial charge in [0.25, 0.3) is 0 Å². The van der Waals surface area contributed by atoms with Crippen molar-refractivity contribution < 1.29 is 24.3 Å². The highest BCUT2D eigenvalue weighted by molar-refractivity contribution is 6.62. The van der Waals surface area contributed by atoms with E-state index in [4.69, 9.17) is 21.9 Å². The first-order chi connectivity index (χ1) is 19.2. The molecule has 2 radical (unpaired) electrons. The molecule has 1 heterocycles. The molecule has 1 aliphatic carbocycles. The van der Waals surface area contributed by atoms with Crippen molar-refractivity contribution in [2.45, 2.75) is 76.3 Å². The third-order valence-electron chi connectivity index (χ3n) is 8.93. The zero-order valence-electron chi connectivity index (χ0n) is 24.7. The Morgan fingerprint density at radius 3 is 2.15 bits per heavy atom. The molecule has 0 bridgehead atoms. The van der Waals surface area contributed by atoms with Crippen LogP contribution in [0.1, 0.15) is 59.4 Å². The van der Waals surface area contributed by atoms with Crippen molar-refractivity contribution in [2.24, 2.45) is 0 Å². The van der Waals surface area contributed by atoms with Crippen molar-refractivity contribution in [3.8, 4) is 16.9 Å². The van der Waals surface area contributed by atoms with E-state index in [0.717, 1.165) is 28.5 Å². The summed E-state index contributed by atoms with van der Waals surface area (Å²) in [6.45, 7) is 10.3. The van der Waals surface area contributed by atoms with Gasteiger partial charge in [0.15, 0.2) is 0 Å². The number of hydrogen-bond acceptors (Lipinski definition) is 5. The van der Waals surface area contributed by atoms with Gasteiger partial charge in [0.2, 0.25) is 0 Å². The van der Waals surface area contributed by atoms with E-state index >= 15 is 0 Å². The molecule has 0 saturated carbocycles. The van der Waals surface area contributed by atoms with Gasteiger partial charge in [-0.25, -0.2) is 0 Å². The molecule has 5 rings (SSSR count). The highest BCUT2D eigenvalue weighted by Crippen LogP contribution is 2.48. The summed E-state index contributed by atoms with van der Waals surface area (Å²) >= 11 is 0. The monoisotopic (exact) mass is 548 g/mol. The van der Waals surface area contributed by atoms with Crippen molar-refractivity contribution in [3.63, 3.8) is 0 Å². The van der Waals surface area contributed by atoms with Gasteiger partial charge in [0, 0.05) is 5.92 Å². The standard InChI is InChI=1S/C34H38B2O5/c1-31(2,37)33(5,38)34(6)32(3,4)40-36(41-34)28-18-26(24-15-11-8-12-16-24)20-30(22-28)39-29-19-25(17-27(35)21-29)23-13-9-7-10-14-23/h7-16,18-22,25,37-38H,17H2,1-6H3. The molecule has 1 fully saturated rings. The maximum absolute atomic E-state index is 11.6. The maximum Gasteiger partial charge on any atom is 0.495 e. The highest BCUT2D eigenvalue weighted by Gasteiger charge is 2.66. The number of benzene rings is 3. The van der Waals surface area contributed by atoms with E-state index in [1.54, 1.807) is 27.7 Å². The van der Waals surface area contributed by atoms with Gasteiger partial charge in [-0.1, -0.05) is 66.7 Å². The number of allylic oxidation sites excluding steroid dienone is 3. The lowest BCUT2D eigenvalue weighted by Crippen LogP contribution is -2.69. The van der Waals surface area contributed by atoms with Crippen LogP contribution in [0.15, 0.2) is 102 Å². The second-order valence-electron chi connectivity index (χ2n) is 12.5. The normalized spacial score (nSPS) is 23.9. The van der Waals surface area contributed by atoms with Crippen LogP contribution < -0.4 is 10.2 Å². The molecule has 5 nitrogen and oxygen atoms in total. The lowest BCUT2D eigenvalue weighted by molar-refractivity contribution is -0.231. The fourth-order valence-electron chi connectivity index (χ4n) is 5.71. The number of rotatable bonds is 7. The summed E-state index contributed by atoms with van der Waals surface area (Å²) in [5, 5.41) is 22.4. The molecule has 0 spiro atoms. The van der Waals surface area contributed by atoms with E-state index in [1.165, 1.54) is 5.56 Å². The van der Waals surface area contributed by atoms with Crippen molar-refractivity contribution in [1.82, 2.24) is 0 Å². The first-order valence-electron chi connectivity index (χ1n) is 14.1. The van der Waals surface area contributed by atoms with Crippen LogP contribution in [0.25, 0.3) is 11.1 Å². The van der Waals surface area contributed by atoms with Gasteiger partial charge in [-0.3, -0.25) is 0 Å². The first-order valence-corrected chi connectivity index (χ1v) is 14.1. The Hall–Kier alpha value is -3.09. The van der Waals surface area contributed by atoms with Crippen molar-refractivity contribution >= 4 is 20.4 Å². The molecule has 210 valence electrons. The lowest BCUT2D eigenvalue weighted by Gasteiger charge is -2.52. The van der Waals surface area contributed by atoms with Gasteiger partial charge in [-0.15, -0.1) is 5.47 Å². The molecule has 3 atom stereocenters. The summed E-state index contributed by atoms with van der Waals surface area (Å²) in [5.41, 5.74) is -0.645. The lowest BCUT2D eigenvalue weighted by atomic mass is 9.67. The van der Waals surface area contributed by atoms with E-state index in [9.17, 15) is 10.2 Å². The molecular weight excluding hydrogens is 510 g/mol. The summed E-state index contributed by atoms with van der Waals surface area (Å²) in [4.78, 5) is 0. The number of ether oxygens (including phenoxy) is 1. The summed E-state index contributed by atoms with van der Waals surface area (Å²) in [5.74, 6) is 1.39. The zero-order valence-corrected chi connectivity index (χ0v) is 24.7. The zero-order chi connectivity index (χ0) is 29.6. The Morgan fingerprint density at radius 1 is 0.878 bits per heavy atom. The fourth-order valence-corrected chi connectivity index (χ4v) is 5.71. The third-order valence-corrected chi connectivity index (χ3v) is 8.93. The van der Waals surface area contributed by atoms with Gasteiger partial charge in [0.05, 0.1) is 11.2 Å². The van der Waals surface area contributed by atoms with Gasteiger partial charge >= 0.3 is 7.12 Å². The minimum Gasteiger partial charge on any atom is -0.458 e. The average molecular weight is 548 g/mol. The quantitative estimate of drug-likeness (QED) is 0.374. The first kappa shape index (κ1) is 29.4. The molecule has 0 amide bonds.